The van der Waals surface area contributed by atoms with E-state index in [1.54, 1.807) is 0 Å². The molecule has 2 aromatic heterocycles. The van der Waals surface area contributed by atoms with Crippen molar-refractivity contribution in [3.05, 3.63) is 54.6 Å². The highest BCUT2D eigenvalue weighted by atomic mass is 16.5. The molecule has 142 valence electrons. The molecule has 0 aliphatic carbocycles. The lowest BCUT2D eigenvalue weighted by molar-refractivity contribution is -0.118. The van der Waals surface area contributed by atoms with Gasteiger partial charge in [-0.05, 0) is 36.8 Å². The number of hydrogen-bond acceptors (Lipinski definition) is 5. The summed E-state index contributed by atoms with van der Waals surface area (Å²) >= 11 is 0. The number of imidazole rings is 1. The number of rotatable bonds is 6. The summed E-state index contributed by atoms with van der Waals surface area (Å²) in [5.41, 5.74) is 3.38. The summed E-state index contributed by atoms with van der Waals surface area (Å²) in [6.07, 6.45) is 3.39. The van der Waals surface area contributed by atoms with Crippen LogP contribution in [0.5, 0.6) is 5.88 Å². The van der Waals surface area contributed by atoms with Crippen molar-refractivity contribution in [2.75, 3.05) is 11.9 Å². The fraction of sp³-hybridized carbons (Fsp3) is 0.238. The second-order valence-electron chi connectivity index (χ2n) is 6.57. The van der Waals surface area contributed by atoms with Gasteiger partial charge in [-0.1, -0.05) is 19.1 Å². The Morgan fingerprint density at radius 1 is 1.14 bits per heavy atom. The van der Waals surface area contributed by atoms with Crippen molar-refractivity contribution in [2.24, 2.45) is 7.05 Å². The Morgan fingerprint density at radius 3 is 2.86 bits per heavy atom. The molecular weight excluding hydrogens is 354 g/mol. The summed E-state index contributed by atoms with van der Waals surface area (Å²) in [7, 11) is 2.01. The van der Waals surface area contributed by atoms with Crippen LogP contribution in [0.2, 0.25) is 0 Å². The maximum Gasteiger partial charge on any atom is 0.262 e. The van der Waals surface area contributed by atoms with E-state index in [0.29, 0.717) is 11.6 Å². The van der Waals surface area contributed by atoms with E-state index >= 15 is 0 Å². The van der Waals surface area contributed by atoms with Gasteiger partial charge in [-0.15, -0.1) is 0 Å². The minimum Gasteiger partial charge on any atom is -0.467 e. The Hall–Kier alpha value is -3.48. The van der Waals surface area contributed by atoms with E-state index < -0.39 is 0 Å². The maximum atomic E-state index is 12.3. The summed E-state index contributed by atoms with van der Waals surface area (Å²) in [5, 5.41) is 3.63. The highest BCUT2D eigenvalue weighted by Crippen LogP contribution is 2.22. The third-order valence-electron chi connectivity index (χ3n) is 4.58. The molecule has 7 nitrogen and oxygen atoms in total. The lowest BCUT2D eigenvalue weighted by atomic mass is 10.2. The van der Waals surface area contributed by atoms with Gasteiger partial charge in [0, 0.05) is 19.2 Å². The first-order valence-corrected chi connectivity index (χ1v) is 9.23. The zero-order chi connectivity index (χ0) is 19.5. The Bertz CT molecular complexity index is 1150. The van der Waals surface area contributed by atoms with Gasteiger partial charge < -0.3 is 14.6 Å². The van der Waals surface area contributed by atoms with Crippen LogP contribution in [0, 0.1) is 0 Å². The molecule has 2 aromatic carbocycles. The number of aryl methyl sites for hydroxylation is 2. The number of fused-ring (bicyclic) bond motifs is 2. The summed E-state index contributed by atoms with van der Waals surface area (Å²) in [4.78, 5) is 25.3. The van der Waals surface area contributed by atoms with E-state index in [1.807, 2.05) is 49.5 Å². The number of amides is 1. The predicted octanol–water partition coefficient (Wildman–Crippen LogP) is 3.49. The summed E-state index contributed by atoms with van der Waals surface area (Å²) in [6.45, 7) is 1.99. The molecule has 28 heavy (non-hydrogen) atoms. The first-order chi connectivity index (χ1) is 13.7. The fourth-order valence-corrected chi connectivity index (χ4v) is 3.20. The predicted molar refractivity (Wildman–Crippen MR) is 108 cm³/mol. The standard InChI is InChI=1S/C21H21N5O2/c1-3-6-19-25-17-11-14(9-10-18(17)26(19)2)24-20(27)12-28-21-15-7-4-5-8-16(15)22-13-23-21/h4-5,7-11,13H,3,6,12H2,1-2H3,(H,24,27). The van der Waals surface area contributed by atoms with E-state index in [2.05, 4.69) is 31.8 Å². The average molecular weight is 375 g/mol. The van der Waals surface area contributed by atoms with Crippen LogP contribution in [0.25, 0.3) is 21.9 Å². The van der Waals surface area contributed by atoms with Crippen LogP contribution >= 0.6 is 0 Å². The number of hydrogen-bond donors (Lipinski definition) is 1. The van der Waals surface area contributed by atoms with Gasteiger partial charge in [0.25, 0.3) is 5.91 Å². The van der Waals surface area contributed by atoms with Gasteiger partial charge in [0.15, 0.2) is 6.61 Å². The summed E-state index contributed by atoms with van der Waals surface area (Å²) in [5.74, 6) is 1.18. The van der Waals surface area contributed by atoms with Crippen LogP contribution in [0.1, 0.15) is 19.2 Å². The smallest absolute Gasteiger partial charge is 0.262 e. The molecule has 0 spiro atoms. The molecule has 0 radical (unpaired) electrons. The van der Waals surface area contributed by atoms with Crippen molar-refractivity contribution in [1.29, 1.82) is 0 Å². The minimum atomic E-state index is -0.258. The number of benzene rings is 2. The molecule has 7 heteroatoms. The van der Waals surface area contributed by atoms with E-state index in [1.165, 1.54) is 6.33 Å². The largest absolute Gasteiger partial charge is 0.467 e. The summed E-state index contributed by atoms with van der Waals surface area (Å²) < 4.78 is 7.70. The number of carbonyl (C=O) groups is 1. The zero-order valence-corrected chi connectivity index (χ0v) is 15.8. The highest BCUT2D eigenvalue weighted by molar-refractivity contribution is 5.94. The van der Waals surface area contributed by atoms with Gasteiger partial charge in [0.2, 0.25) is 5.88 Å². The van der Waals surface area contributed by atoms with Crippen molar-refractivity contribution in [3.8, 4) is 5.88 Å². The molecule has 0 bridgehead atoms. The molecule has 1 N–H and O–H groups in total. The van der Waals surface area contributed by atoms with E-state index in [-0.39, 0.29) is 12.5 Å². The molecular formula is C21H21N5O2. The van der Waals surface area contributed by atoms with Crippen LogP contribution in [0.15, 0.2) is 48.8 Å². The van der Waals surface area contributed by atoms with Gasteiger partial charge in [-0.3, -0.25) is 4.79 Å². The van der Waals surface area contributed by atoms with Gasteiger partial charge in [-0.25, -0.2) is 15.0 Å². The van der Waals surface area contributed by atoms with Gasteiger partial charge in [-0.2, -0.15) is 0 Å². The van der Waals surface area contributed by atoms with Crippen molar-refractivity contribution in [3.63, 3.8) is 0 Å². The first-order valence-electron chi connectivity index (χ1n) is 9.23. The van der Waals surface area contributed by atoms with Crippen LogP contribution < -0.4 is 10.1 Å². The zero-order valence-electron chi connectivity index (χ0n) is 15.8. The quantitative estimate of drug-likeness (QED) is 0.558. The molecule has 0 saturated heterocycles. The minimum absolute atomic E-state index is 0.137. The topological polar surface area (TPSA) is 81.9 Å². The van der Waals surface area contributed by atoms with Gasteiger partial charge in [0.05, 0.1) is 21.9 Å². The van der Waals surface area contributed by atoms with Crippen molar-refractivity contribution in [1.82, 2.24) is 19.5 Å². The monoisotopic (exact) mass is 375 g/mol. The molecule has 0 unspecified atom stereocenters. The Morgan fingerprint density at radius 2 is 2.00 bits per heavy atom. The first kappa shape index (κ1) is 17.9. The maximum absolute atomic E-state index is 12.3. The number of ether oxygens (including phenoxy) is 1. The molecule has 0 fully saturated rings. The summed E-state index contributed by atoms with van der Waals surface area (Å²) in [6, 6.07) is 13.2. The lowest BCUT2D eigenvalue weighted by Gasteiger charge is -2.08. The Kier molecular flexibility index (Phi) is 4.89. The third-order valence-corrected chi connectivity index (χ3v) is 4.58. The van der Waals surface area contributed by atoms with Crippen LogP contribution in [-0.2, 0) is 18.3 Å². The number of anilines is 1. The van der Waals surface area contributed by atoms with Crippen molar-refractivity contribution < 1.29 is 9.53 Å². The van der Waals surface area contributed by atoms with E-state index in [0.717, 1.165) is 40.6 Å². The van der Waals surface area contributed by atoms with E-state index in [4.69, 9.17) is 4.74 Å². The fourth-order valence-electron chi connectivity index (χ4n) is 3.20. The van der Waals surface area contributed by atoms with Crippen LogP contribution in [0.4, 0.5) is 5.69 Å². The molecule has 1 amide bonds. The number of nitrogens with zero attached hydrogens (tertiary/aromatic N) is 4. The SMILES string of the molecule is CCCc1nc2cc(NC(=O)COc3ncnc4ccccc34)ccc2n1C. The number of para-hydroxylation sites is 1. The number of aromatic nitrogens is 4. The molecule has 4 aromatic rings. The molecule has 0 aliphatic heterocycles. The van der Waals surface area contributed by atoms with Crippen LogP contribution in [0.3, 0.4) is 0 Å². The number of nitrogens with one attached hydrogen (secondary N) is 1. The number of carbonyl (C=O) groups excluding carboxylic acids is 1. The van der Waals surface area contributed by atoms with Crippen molar-refractivity contribution >= 4 is 33.5 Å². The third kappa shape index (κ3) is 3.51. The molecule has 0 saturated carbocycles. The average Bonchev–Trinajstić information content (AvgIpc) is 3.01. The Labute approximate surface area is 162 Å². The Balaban J connectivity index is 1.46. The molecule has 2 heterocycles. The molecule has 4 rings (SSSR count). The van der Waals surface area contributed by atoms with Crippen LogP contribution in [-0.4, -0.2) is 32.0 Å². The highest BCUT2D eigenvalue weighted by Gasteiger charge is 2.11. The normalized spacial score (nSPS) is 11.1. The second-order valence-corrected chi connectivity index (χ2v) is 6.57. The lowest BCUT2D eigenvalue weighted by Crippen LogP contribution is -2.20. The molecule has 0 aliphatic rings. The van der Waals surface area contributed by atoms with Crippen molar-refractivity contribution in [2.45, 2.75) is 19.8 Å². The van der Waals surface area contributed by atoms with Gasteiger partial charge in [0.1, 0.15) is 12.2 Å². The second kappa shape index (κ2) is 7.64. The van der Waals surface area contributed by atoms with Gasteiger partial charge >= 0.3 is 0 Å². The van der Waals surface area contributed by atoms with E-state index in [9.17, 15) is 4.79 Å². The molecule has 0 atom stereocenters.